The zero-order chi connectivity index (χ0) is 21.2. The molecule has 0 bridgehead atoms. The summed E-state index contributed by atoms with van der Waals surface area (Å²) in [5.74, 6) is -0.0152. The van der Waals surface area contributed by atoms with E-state index in [4.69, 9.17) is 16.3 Å². The molecule has 1 aromatic heterocycles. The van der Waals surface area contributed by atoms with E-state index in [9.17, 15) is 9.90 Å². The Morgan fingerprint density at radius 2 is 2.10 bits per heavy atom. The van der Waals surface area contributed by atoms with Crippen molar-refractivity contribution in [1.29, 1.82) is 0 Å². The molecule has 2 atom stereocenters. The molecule has 158 valence electrons. The summed E-state index contributed by atoms with van der Waals surface area (Å²) in [7, 11) is 0. The summed E-state index contributed by atoms with van der Waals surface area (Å²) in [6.45, 7) is 11.0. The number of aromatic nitrogens is 2. The van der Waals surface area contributed by atoms with Crippen molar-refractivity contribution in [3.63, 3.8) is 0 Å². The van der Waals surface area contributed by atoms with Gasteiger partial charge in [-0.3, -0.25) is 9.69 Å². The molecule has 6 nitrogen and oxygen atoms in total. The Morgan fingerprint density at radius 1 is 1.34 bits per heavy atom. The predicted octanol–water partition coefficient (Wildman–Crippen LogP) is 4.83. The number of carbonyl (C=O) groups is 1. The Morgan fingerprint density at radius 3 is 2.76 bits per heavy atom. The van der Waals surface area contributed by atoms with Gasteiger partial charge in [-0.1, -0.05) is 43.7 Å². The quantitative estimate of drug-likeness (QED) is 0.697. The molecule has 1 aliphatic heterocycles. The third kappa shape index (κ3) is 5.47. The first kappa shape index (κ1) is 22.0. The van der Waals surface area contributed by atoms with Crippen molar-refractivity contribution in [2.45, 2.75) is 40.7 Å². The van der Waals surface area contributed by atoms with Gasteiger partial charge in [-0.2, -0.15) is 0 Å². The molecule has 0 spiro atoms. The van der Waals surface area contributed by atoms with E-state index in [0.717, 1.165) is 34.3 Å². The van der Waals surface area contributed by atoms with Crippen LogP contribution in [-0.4, -0.2) is 45.9 Å². The van der Waals surface area contributed by atoms with Gasteiger partial charge in [-0.15, -0.1) is 10.2 Å². The van der Waals surface area contributed by atoms with Crippen LogP contribution in [0.15, 0.2) is 18.2 Å². The van der Waals surface area contributed by atoms with E-state index >= 15 is 0 Å². The number of aliphatic carboxylic acids is 1. The molecule has 2 heterocycles. The lowest BCUT2D eigenvalue weighted by Gasteiger charge is -2.41. The standard InChI is InChI=1S/C21H28ClN3O3S/c1-5-28-17-7-6-15(22)9-16(17)19-24-23-18(29-19)12-25-10-13(20(26)27)8-14(11-25)21(2,3)4/h6-7,9,13-14H,5,8,10-12H2,1-4H3,(H,26,27)/t13?,14-/m1/s1. The zero-order valence-corrected chi connectivity index (χ0v) is 18.9. The minimum absolute atomic E-state index is 0.0613. The number of benzene rings is 1. The van der Waals surface area contributed by atoms with Gasteiger partial charge in [-0.05, 0) is 42.9 Å². The molecule has 1 fully saturated rings. The van der Waals surface area contributed by atoms with Crippen molar-refractivity contribution in [3.8, 4) is 16.3 Å². The first-order valence-electron chi connectivity index (χ1n) is 9.87. The van der Waals surface area contributed by atoms with Crippen molar-refractivity contribution in [2.24, 2.45) is 17.3 Å². The van der Waals surface area contributed by atoms with Gasteiger partial charge in [0, 0.05) is 18.1 Å². The Bertz CT molecular complexity index is 865. The van der Waals surface area contributed by atoms with Gasteiger partial charge in [0.05, 0.1) is 24.6 Å². The molecule has 0 radical (unpaired) electrons. The van der Waals surface area contributed by atoms with E-state index in [2.05, 4.69) is 35.9 Å². The Kier molecular flexibility index (Phi) is 6.81. The van der Waals surface area contributed by atoms with E-state index in [1.54, 1.807) is 6.07 Å². The minimum Gasteiger partial charge on any atom is -0.493 e. The van der Waals surface area contributed by atoms with Gasteiger partial charge in [-0.25, -0.2) is 0 Å². The highest BCUT2D eigenvalue weighted by Gasteiger charge is 2.37. The van der Waals surface area contributed by atoms with Crippen LogP contribution in [0.25, 0.3) is 10.6 Å². The van der Waals surface area contributed by atoms with Crippen LogP contribution in [0, 0.1) is 17.3 Å². The highest BCUT2D eigenvalue weighted by atomic mass is 35.5. The summed E-state index contributed by atoms with van der Waals surface area (Å²) in [5.41, 5.74) is 0.893. The van der Waals surface area contributed by atoms with E-state index in [0.29, 0.717) is 30.6 Å². The van der Waals surface area contributed by atoms with Crippen molar-refractivity contribution in [2.75, 3.05) is 19.7 Å². The lowest BCUT2D eigenvalue weighted by molar-refractivity contribution is -0.145. The summed E-state index contributed by atoms with van der Waals surface area (Å²) >= 11 is 7.67. The van der Waals surface area contributed by atoms with E-state index in [1.807, 2.05) is 19.1 Å². The van der Waals surface area contributed by atoms with Gasteiger partial charge >= 0.3 is 5.97 Å². The fraction of sp³-hybridized carbons (Fsp3) is 0.571. The summed E-state index contributed by atoms with van der Waals surface area (Å²) in [4.78, 5) is 13.9. The Balaban J connectivity index is 1.79. The minimum atomic E-state index is -0.720. The maximum absolute atomic E-state index is 11.7. The van der Waals surface area contributed by atoms with Crippen molar-refractivity contribution < 1.29 is 14.6 Å². The van der Waals surface area contributed by atoms with Gasteiger partial charge in [0.1, 0.15) is 10.8 Å². The molecule has 1 N–H and O–H groups in total. The average molecular weight is 438 g/mol. The second kappa shape index (κ2) is 8.98. The summed E-state index contributed by atoms with van der Waals surface area (Å²) in [5, 5.41) is 20.5. The molecule has 8 heteroatoms. The molecule has 0 amide bonds. The molecule has 1 aromatic carbocycles. The number of nitrogens with zero attached hydrogens (tertiary/aromatic N) is 3. The van der Waals surface area contributed by atoms with Crippen LogP contribution in [0.1, 0.15) is 39.1 Å². The molecule has 0 saturated carbocycles. The fourth-order valence-corrected chi connectivity index (χ4v) is 4.77. The molecular weight excluding hydrogens is 410 g/mol. The number of carboxylic acids is 1. The van der Waals surface area contributed by atoms with Crippen LogP contribution >= 0.6 is 22.9 Å². The summed E-state index contributed by atoms with van der Waals surface area (Å²) in [6, 6.07) is 5.48. The first-order valence-corrected chi connectivity index (χ1v) is 11.1. The highest BCUT2D eigenvalue weighted by molar-refractivity contribution is 7.14. The summed E-state index contributed by atoms with van der Waals surface area (Å²) in [6.07, 6.45) is 0.719. The first-order chi connectivity index (χ1) is 13.7. The molecule has 1 saturated heterocycles. The van der Waals surface area contributed by atoms with Gasteiger partial charge in [0.25, 0.3) is 0 Å². The van der Waals surface area contributed by atoms with Crippen LogP contribution in [0.5, 0.6) is 5.75 Å². The number of hydrogen-bond donors (Lipinski definition) is 1. The largest absolute Gasteiger partial charge is 0.493 e. The highest BCUT2D eigenvalue weighted by Crippen LogP contribution is 2.38. The summed E-state index contributed by atoms with van der Waals surface area (Å²) < 4.78 is 5.70. The molecular formula is C21H28ClN3O3S. The van der Waals surface area contributed by atoms with Gasteiger partial charge in [0.2, 0.25) is 0 Å². The van der Waals surface area contributed by atoms with Crippen LogP contribution in [0.2, 0.25) is 5.02 Å². The van der Waals surface area contributed by atoms with Gasteiger partial charge < -0.3 is 9.84 Å². The second-order valence-corrected chi connectivity index (χ2v) is 10.1. The number of halogens is 1. The van der Waals surface area contributed by atoms with E-state index < -0.39 is 5.97 Å². The number of piperidine rings is 1. The number of ether oxygens (including phenoxy) is 1. The molecule has 2 aromatic rings. The Hall–Kier alpha value is -1.70. The maximum atomic E-state index is 11.7. The Labute approximate surface area is 180 Å². The number of likely N-dealkylation sites (tertiary alicyclic amines) is 1. The lowest BCUT2D eigenvalue weighted by atomic mass is 9.73. The van der Waals surface area contributed by atoms with Crippen molar-refractivity contribution in [3.05, 3.63) is 28.2 Å². The SMILES string of the molecule is CCOc1ccc(Cl)cc1-c1nnc(CN2CC(C(=O)O)C[C@@H](C(C)(C)C)C2)s1. The number of carboxylic acid groups (broad SMARTS) is 1. The molecule has 1 unspecified atom stereocenters. The third-order valence-corrected chi connectivity index (χ3v) is 6.57. The second-order valence-electron chi connectivity index (χ2n) is 8.60. The van der Waals surface area contributed by atoms with Crippen molar-refractivity contribution in [1.82, 2.24) is 15.1 Å². The third-order valence-electron chi connectivity index (χ3n) is 5.40. The van der Waals surface area contributed by atoms with Crippen molar-refractivity contribution >= 4 is 28.9 Å². The molecule has 0 aliphatic carbocycles. The molecule has 3 rings (SSSR count). The van der Waals surface area contributed by atoms with E-state index in [-0.39, 0.29) is 11.3 Å². The number of hydrogen-bond acceptors (Lipinski definition) is 6. The molecule has 29 heavy (non-hydrogen) atoms. The van der Waals surface area contributed by atoms with Crippen LogP contribution in [0.4, 0.5) is 0 Å². The lowest BCUT2D eigenvalue weighted by Crippen LogP contribution is -2.46. The topological polar surface area (TPSA) is 75.6 Å². The van der Waals surface area contributed by atoms with E-state index in [1.165, 1.54) is 11.3 Å². The predicted molar refractivity (Wildman–Crippen MR) is 115 cm³/mol. The van der Waals surface area contributed by atoms with Crippen LogP contribution in [0.3, 0.4) is 0 Å². The maximum Gasteiger partial charge on any atom is 0.307 e. The van der Waals surface area contributed by atoms with Crippen LogP contribution < -0.4 is 4.74 Å². The fourth-order valence-electron chi connectivity index (χ4n) is 3.69. The van der Waals surface area contributed by atoms with Gasteiger partial charge in [0.15, 0.2) is 5.01 Å². The molecule has 1 aliphatic rings. The smallest absolute Gasteiger partial charge is 0.307 e. The number of rotatable bonds is 6. The normalized spacial score (nSPS) is 20.6. The average Bonchev–Trinajstić information content (AvgIpc) is 3.10. The zero-order valence-electron chi connectivity index (χ0n) is 17.3. The van der Waals surface area contributed by atoms with Crippen LogP contribution in [-0.2, 0) is 11.3 Å². The monoisotopic (exact) mass is 437 g/mol.